The lowest BCUT2D eigenvalue weighted by Crippen LogP contribution is -2.45. The van der Waals surface area contributed by atoms with Crippen molar-refractivity contribution in [1.82, 2.24) is 19.9 Å². The monoisotopic (exact) mass is 579 g/mol. The maximum Gasteiger partial charge on any atom is 0.337 e. The summed E-state index contributed by atoms with van der Waals surface area (Å²) in [6.45, 7) is 1.53. The molecule has 43 heavy (non-hydrogen) atoms. The first kappa shape index (κ1) is 28.0. The zero-order chi connectivity index (χ0) is 29.9. The third-order valence-electron chi connectivity index (χ3n) is 7.56. The Kier molecular flexibility index (Phi) is 7.81. The van der Waals surface area contributed by atoms with Crippen LogP contribution in [0.1, 0.15) is 39.3 Å². The third-order valence-corrected chi connectivity index (χ3v) is 7.56. The predicted molar refractivity (Wildman–Crippen MR) is 155 cm³/mol. The molecule has 3 heterocycles. The van der Waals surface area contributed by atoms with Gasteiger partial charge in [-0.15, -0.1) is 0 Å². The molecule has 0 radical (unpaired) electrons. The molecule has 1 N–H and O–H groups in total. The summed E-state index contributed by atoms with van der Waals surface area (Å²) in [6.07, 6.45) is 1.28. The second-order valence-electron chi connectivity index (χ2n) is 10.3. The molecule has 0 bridgehead atoms. The number of fused-ring (bicyclic) bond motifs is 1. The lowest BCUT2D eigenvalue weighted by atomic mass is 10.0. The molecule has 0 aliphatic carbocycles. The number of esters is 1. The van der Waals surface area contributed by atoms with E-state index in [4.69, 9.17) is 19.7 Å². The Hall–Kier alpha value is -5.14. The van der Waals surface area contributed by atoms with Gasteiger partial charge in [0.2, 0.25) is 5.88 Å². The van der Waals surface area contributed by atoms with Crippen LogP contribution in [0.2, 0.25) is 0 Å². The molecule has 1 aliphatic heterocycles. The van der Waals surface area contributed by atoms with Crippen molar-refractivity contribution in [3.8, 4) is 23.2 Å². The minimum Gasteiger partial charge on any atom is -0.473 e. The van der Waals surface area contributed by atoms with Gasteiger partial charge in [-0.05, 0) is 61.0 Å². The van der Waals surface area contributed by atoms with Gasteiger partial charge in [0.05, 0.1) is 41.0 Å². The number of imidazole rings is 1. The van der Waals surface area contributed by atoms with E-state index in [0.29, 0.717) is 40.3 Å². The Balaban J connectivity index is 1.23. The highest BCUT2D eigenvalue weighted by atomic mass is 19.1. The lowest BCUT2D eigenvalue weighted by Gasteiger charge is -2.28. The van der Waals surface area contributed by atoms with Crippen LogP contribution in [0.4, 0.5) is 8.78 Å². The summed E-state index contributed by atoms with van der Waals surface area (Å²) >= 11 is 0. The molecule has 1 fully saturated rings. The van der Waals surface area contributed by atoms with Gasteiger partial charge in [-0.25, -0.2) is 23.5 Å². The van der Waals surface area contributed by atoms with E-state index in [9.17, 15) is 9.18 Å². The molecule has 0 unspecified atom stereocenters. The van der Waals surface area contributed by atoms with E-state index in [1.54, 1.807) is 48.5 Å². The fourth-order valence-electron chi connectivity index (χ4n) is 5.04. The molecule has 10 heteroatoms. The highest BCUT2D eigenvalue weighted by Crippen LogP contribution is 2.27. The Bertz CT molecular complexity index is 1880. The number of methoxy groups -OCH3 is 1. The van der Waals surface area contributed by atoms with Gasteiger partial charge in [-0.2, -0.15) is 5.26 Å². The summed E-state index contributed by atoms with van der Waals surface area (Å²) in [7, 11) is 1.34. The van der Waals surface area contributed by atoms with Gasteiger partial charge in [0.25, 0.3) is 0 Å². The fourth-order valence-corrected chi connectivity index (χ4v) is 5.04. The minimum atomic E-state index is -0.533. The van der Waals surface area contributed by atoms with Crippen molar-refractivity contribution >= 4 is 17.0 Å². The number of rotatable bonds is 9. The second-order valence-corrected chi connectivity index (χ2v) is 10.3. The molecule has 1 aliphatic rings. The Morgan fingerprint density at radius 3 is 2.58 bits per heavy atom. The standard InChI is InChI=1S/C33H27F2N5O3/c1-42-33(41)23-9-10-29-30(15-23)40(18-25-11-12-37-25)31(38-29)16-21-7-8-22(14-27(21)35)28-3-2-4-32(39-28)43-19-24-6-5-20(17-36)13-26(24)34/h2-10,13-15,25,37H,11-12,16,18-19H2,1H3/t25-/m0/s1. The van der Waals surface area contributed by atoms with E-state index in [1.165, 1.54) is 25.3 Å². The molecule has 0 spiro atoms. The van der Waals surface area contributed by atoms with Crippen molar-refractivity contribution in [1.29, 1.82) is 5.26 Å². The van der Waals surface area contributed by atoms with Gasteiger partial charge >= 0.3 is 5.97 Å². The number of pyridine rings is 1. The molecule has 6 rings (SSSR count). The maximum absolute atomic E-state index is 15.5. The molecule has 2 aromatic heterocycles. The summed E-state index contributed by atoms with van der Waals surface area (Å²) in [6, 6.07) is 21.6. The van der Waals surface area contributed by atoms with Crippen LogP contribution in [0.25, 0.3) is 22.3 Å². The number of hydrogen-bond acceptors (Lipinski definition) is 7. The SMILES string of the molecule is COC(=O)c1ccc2nc(Cc3ccc(-c4cccc(OCc5ccc(C#N)cc5F)n4)cc3F)n(C[C@@H]3CCN3)c2c1. The van der Waals surface area contributed by atoms with Crippen molar-refractivity contribution < 1.29 is 23.0 Å². The smallest absolute Gasteiger partial charge is 0.337 e. The number of carbonyl (C=O) groups excluding carboxylic acids is 1. The van der Waals surface area contributed by atoms with Crippen LogP contribution in [0.3, 0.4) is 0 Å². The number of halogens is 2. The lowest BCUT2D eigenvalue weighted by molar-refractivity contribution is 0.0601. The zero-order valence-electron chi connectivity index (χ0n) is 23.3. The number of benzene rings is 3. The normalized spacial score (nSPS) is 14.2. The second kappa shape index (κ2) is 12.0. The first-order valence-electron chi connectivity index (χ1n) is 13.8. The zero-order valence-corrected chi connectivity index (χ0v) is 23.3. The van der Waals surface area contributed by atoms with E-state index in [-0.39, 0.29) is 30.5 Å². The summed E-state index contributed by atoms with van der Waals surface area (Å²) in [5.41, 5.74) is 4.01. The van der Waals surface area contributed by atoms with Gasteiger partial charge in [-0.1, -0.05) is 24.3 Å². The number of nitriles is 1. The quantitative estimate of drug-likeness (QED) is 0.228. The van der Waals surface area contributed by atoms with E-state index < -0.39 is 17.6 Å². The van der Waals surface area contributed by atoms with E-state index in [2.05, 4.69) is 10.3 Å². The van der Waals surface area contributed by atoms with Crippen LogP contribution >= 0.6 is 0 Å². The largest absolute Gasteiger partial charge is 0.473 e. The van der Waals surface area contributed by atoms with E-state index in [0.717, 1.165) is 30.1 Å². The predicted octanol–water partition coefficient (Wildman–Crippen LogP) is 5.57. The Morgan fingerprint density at radius 1 is 1.05 bits per heavy atom. The van der Waals surface area contributed by atoms with Crippen molar-refractivity contribution in [2.45, 2.75) is 32.0 Å². The van der Waals surface area contributed by atoms with Crippen LogP contribution in [0, 0.1) is 23.0 Å². The van der Waals surface area contributed by atoms with E-state index in [1.807, 2.05) is 10.6 Å². The highest BCUT2D eigenvalue weighted by Gasteiger charge is 2.22. The molecular formula is C33H27F2N5O3. The summed E-state index contributed by atoms with van der Waals surface area (Å²) in [4.78, 5) is 21.4. The minimum absolute atomic E-state index is 0.0696. The first-order chi connectivity index (χ1) is 20.9. The average molecular weight is 580 g/mol. The summed E-state index contributed by atoms with van der Waals surface area (Å²) < 4.78 is 42.4. The van der Waals surface area contributed by atoms with Crippen molar-refractivity contribution in [3.05, 3.63) is 113 Å². The Labute approximate surface area is 246 Å². The van der Waals surface area contributed by atoms with Crippen LogP contribution in [0.5, 0.6) is 5.88 Å². The van der Waals surface area contributed by atoms with Crippen molar-refractivity contribution in [3.63, 3.8) is 0 Å². The topological polar surface area (TPSA) is 102 Å². The maximum atomic E-state index is 15.5. The molecule has 0 saturated carbocycles. The molecule has 8 nitrogen and oxygen atoms in total. The average Bonchev–Trinajstić information content (AvgIpc) is 3.34. The Morgan fingerprint density at radius 2 is 1.86 bits per heavy atom. The van der Waals surface area contributed by atoms with Crippen molar-refractivity contribution in [2.24, 2.45) is 0 Å². The number of carbonyl (C=O) groups is 1. The van der Waals surface area contributed by atoms with Gasteiger partial charge in [0, 0.05) is 36.2 Å². The number of nitrogens with zero attached hydrogens (tertiary/aromatic N) is 4. The molecule has 5 aromatic rings. The highest BCUT2D eigenvalue weighted by molar-refractivity contribution is 5.93. The number of hydrogen-bond donors (Lipinski definition) is 1. The van der Waals surface area contributed by atoms with Gasteiger partial charge < -0.3 is 19.4 Å². The molecule has 216 valence electrons. The fraction of sp³-hybridized carbons (Fsp3) is 0.212. The molecule has 0 amide bonds. The molecule has 1 atom stereocenters. The van der Waals surface area contributed by atoms with Crippen LogP contribution < -0.4 is 10.1 Å². The van der Waals surface area contributed by atoms with Crippen LogP contribution in [-0.4, -0.2) is 40.2 Å². The third kappa shape index (κ3) is 5.94. The van der Waals surface area contributed by atoms with Crippen LogP contribution in [0.15, 0.2) is 72.8 Å². The van der Waals surface area contributed by atoms with Gasteiger partial charge in [-0.3, -0.25) is 0 Å². The van der Waals surface area contributed by atoms with E-state index >= 15 is 4.39 Å². The van der Waals surface area contributed by atoms with Crippen LogP contribution in [-0.2, 0) is 24.3 Å². The number of ether oxygens (including phenoxy) is 2. The van der Waals surface area contributed by atoms with Gasteiger partial charge in [0.15, 0.2) is 0 Å². The molecule has 3 aromatic carbocycles. The summed E-state index contributed by atoms with van der Waals surface area (Å²) in [5.74, 6) is -0.407. The number of nitrogens with one attached hydrogen (secondary N) is 1. The summed E-state index contributed by atoms with van der Waals surface area (Å²) in [5, 5.41) is 12.3. The molecule has 1 saturated heterocycles. The number of aromatic nitrogens is 3. The molecular weight excluding hydrogens is 552 g/mol. The first-order valence-corrected chi connectivity index (χ1v) is 13.8. The van der Waals surface area contributed by atoms with Crippen molar-refractivity contribution in [2.75, 3.05) is 13.7 Å². The van der Waals surface area contributed by atoms with Gasteiger partial charge in [0.1, 0.15) is 24.1 Å².